The minimum Gasteiger partial charge on any atom is -0.454 e. The fourth-order valence-corrected chi connectivity index (χ4v) is 1.69. The monoisotopic (exact) mass is 237 g/mol. The van der Waals surface area contributed by atoms with Gasteiger partial charge in [-0.3, -0.25) is 0 Å². The van der Waals surface area contributed by atoms with Gasteiger partial charge in [0, 0.05) is 11.6 Å². The highest BCUT2D eigenvalue weighted by molar-refractivity contribution is 6.16. The quantitative estimate of drug-likeness (QED) is 0.754. The molecule has 1 aromatic heterocycles. The second-order valence-corrected chi connectivity index (χ2v) is 3.65. The topological polar surface area (TPSA) is 44.5 Å². The molecule has 2 heterocycles. The summed E-state index contributed by atoms with van der Waals surface area (Å²) in [6, 6.07) is 7.44. The predicted molar refractivity (Wildman–Crippen MR) is 57.6 cm³/mol. The van der Waals surface area contributed by atoms with Crippen LogP contribution in [0.25, 0.3) is 11.3 Å². The first-order valence-electron chi connectivity index (χ1n) is 4.78. The molecule has 5 heteroatoms. The van der Waals surface area contributed by atoms with Crippen LogP contribution in [0.5, 0.6) is 11.5 Å². The smallest absolute Gasteiger partial charge is 0.231 e. The molecule has 4 nitrogen and oxygen atoms in total. The van der Waals surface area contributed by atoms with Crippen molar-refractivity contribution in [2.45, 2.75) is 5.88 Å². The van der Waals surface area contributed by atoms with Gasteiger partial charge in [0.2, 0.25) is 6.79 Å². The Morgan fingerprint density at radius 3 is 2.88 bits per heavy atom. The third-order valence-corrected chi connectivity index (χ3v) is 2.62. The van der Waals surface area contributed by atoms with Crippen molar-refractivity contribution in [3.05, 3.63) is 30.0 Å². The van der Waals surface area contributed by atoms with E-state index in [1.807, 2.05) is 24.3 Å². The number of benzene rings is 1. The predicted octanol–water partition coefficient (Wildman–Crippen LogP) is 2.81. The molecule has 2 aromatic rings. The molecule has 3 rings (SSSR count). The van der Waals surface area contributed by atoms with E-state index in [2.05, 4.69) is 5.16 Å². The molecule has 0 radical (unpaired) electrons. The van der Waals surface area contributed by atoms with Crippen molar-refractivity contribution in [1.29, 1.82) is 0 Å². The van der Waals surface area contributed by atoms with E-state index in [9.17, 15) is 0 Å². The third-order valence-electron chi connectivity index (χ3n) is 2.36. The van der Waals surface area contributed by atoms with Crippen LogP contribution in [0, 0.1) is 0 Å². The van der Waals surface area contributed by atoms with Crippen molar-refractivity contribution in [3.63, 3.8) is 0 Å². The van der Waals surface area contributed by atoms with Crippen LogP contribution in [0.2, 0.25) is 0 Å². The Balaban J connectivity index is 2.00. The van der Waals surface area contributed by atoms with Crippen LogP contribution in [0.4, 0.5) is 0 Å². The Hall–Kier alpha value is -1.68. The average Bonchev–Trinajstić information content (AvgIpc) is 2.96. The highest BCUT2D eigenvalue weighted by atomic mass is 35.5. The van der Waals surface area contributed by atoms with Gasteiger partial charge in [0.1, 0.15) is 5.69 Å². The van der Waals surface area contributed by atoms with Gasteiger partial charge in [0.05, 0.1) is 5.88 Å². The molecular formula is C11H8ClNO3. The Labute approximate surface area is 96.7 Å². The number of alkyl halides is 1. The second-order valence-electron chi connectivity index (χ2n) is 3.38. The van der Waals surface area contributed by atoms with Gasteiger partial charge in [0.25, 0.3) is 0 Å². The van der Waals surface area contributed by atoms with E-state index >= 15 is 0 Å². The van der Waals surface area contributed by atoms with Crippen LogP contribution in [0.1, 0.15) is 5.76 Å². The van der Waals surface area contributed by atoms with Gasteiger partial charge in [0.15, 0.2) is 17.3 Å². The molecule has 16 heavy (non-hydrogen) atoms. The Bertz CT molecular complexity index is 524. The first-order chi connectivity index (χ1) is 7.86. The highest BCUT2D eigenvalue weighted by Gasteiger charge is 2.15. The third kappa shape index (κ3) is 1.51. The van der Waals surface area contributed by atoms with Gasteiger partial charge in [-0.2, -0.15) is 0 Å². The van der Waals surface area contributed by atoms with Gasteiger partial charge in [-0.25, -0.2) is 0 Å². The lowest BCUT2D eigenvalue weighted by molar-refractivity contribution is 0.174. The molecule has 0 unspecified atom stereocenters. The summed E-state index contributed by atoms with van der Waals surface area (Å²) in [7, 11) is 0. The summed E-state index contributed by atoms with van der Waals surface area (Å²) < 4.78 is 15.5. The van der Waals surface area contributed by atoms with Gasteiger partial charge in [-0.15, -0.1) is 11.6 Å². The molecule has 0 saturated carbocycles. The zero-order valence-electron chi connectivity index (χ0n) is 8.27. The minimum absolute atomic E-state index is 0.268. The van der Waals surface area contributed by atoms with Crippen LogP contribution in [0.15, 0.2) is 28.8 Å². The van der Waals surface area contributed by atoms with Crippen LogP contribution < -0.4 is 9.47 Å². The molecule has 0 N–H and O–H groups in total. The SMILES string of the molecule is ClCc1cc(-c2ccc3c(c2)OCO3)no1. The van der Waals surface area contributed by atoms with Crippen LogP contribution >= 0.6 is 11.6 Å². The van der Waals surface area contributed by atoms with Crippen molar-refractivity contribution >= 4 is 11.6 Å². The number of nitrogens with zero attached hydrogens (tertiary/aromatic N) is 1. The number of ether oxygens (including phenoxy) is 2. The highest BCUT2D eigenvalue weighted by Crippen LogP contribution is 2.35. The minimum atomic E-state index is 0.268. The van der Waals surface area contributed by atoms with E-state index < -0.39 is 0 Å². The average molecular weight is 238 g/mol. The Kier molecular flexibility index (Phi) is 2.22. The fourth-order valence-electron chi connectivity index (χ4n) is 1.57. The van der Waals surface area contributed by atoms with Gasteiger partial charge < -0.3 is 14.0 Å². The van der Waals surface area contributed by atoms with Gasteiger partial charge >= 0.3 is 0 Å². The number of hydrogen-bond acceptors (Lipinski definition) is 4. The molecule has 0 atom stereocenters. The largest absolute Gasteiger partial charge is 0.454 e. The van der Waals surface area contributed by atoms with Gasteiger partial charge in [-0.05, 0) is 18.2 Å². The summed E-state index contributed by atoms with van der Waals surface area (Å²) in [5.41, 5.74) is 1.67. The van der Waals surface area contributed by atoms with Crippen molar-refractivity contribution in [3.8, 4) is 22.8 Å². The standard InChI is InChI=1S/C11H8ClNO3/c12-5-8-4-9(13-16-8)7-1-2-10-11(3-7)15-6-14-10/h1-4H,5-6H2. The zero-order valence-corrected chi connectivity index (χ0v) is 9.03. The molecule has 0 spiro atoms. The maximum absolute atomic E-state index is 5.64. The van der Waals surface area contributed by atoms with E-state index in [0.29, 0.717) is 11.6 Å². The molecular weight excluding hydrogens is 230 g/mol. The van der Waals surface area contributed by atoms with E-state index in [1.54, 1.807) is 0 Å². The van der Waals surface area contributed by atoms with Crippen molar-refractivity contribution in [1.82, 2.24) is 5.16 Å². The second kappa shape index (κ2) is 3.72. The van der Waals surface area contributed by atoms with Crippen LogP contribution in [0.3, 0.4) is 0 Å². The van der Waals surface area contributed by atoms with Crippen LogP contribution in [-0.2, 0) is 5.88 Å². The van der Waals surface area contributed by atoms with Gasteiger partial charge in [-0.1, -0.05) is 5.16 Å². The Morgan fingerprint density at radius 1 is 1.19 bits per heavy atom. The molecule has 1 aliphatic rings. The molecule has 0 amide bonds. The molecule has 0 saturated heterocycles. The molecule has 0 bridgehead atoms. The lowest BCUT2D eigenvalue weighted by atomic mass is 10.1. The summed E-state index contributed by atoms with van der Waals surface area (Å²) in [5.74, 6) is 2.45. The summed E-state index contributed by atoms with van der Waals surface area (Å²) >= 11 is 5.64. The maximum atomic E-state index is 5.64. The number of hydrogen-bond donors (Lipinski definition) is 0. The zero-order chi connectivity index (χ0) is 11.0. The number of fused-ring (bicyclic) bond motifs is 1. The lowest BCUT2D eigenvalue weighted by Gasteiger charge is -1.98. The molecule has 0 fully saturated rings. The van der Waals surface area contributed by atoms with Crippen molar-refractivity contribution < 1.29 is 14.0 Å². The molecule has 0 aliphatic carbocycles. The number of rotatable bonds is 2. The van der Waals surface area contributed by atoms with E-state index in [-0.39, 0.29) is 6.79 Å². The van der Waals surface area contributed by atoms with Crippen LogP contribution in [-0.4, -0.2) is 11.9 Å². The Morgan fingerprint density at radius 2 is 2.06 bits per heavy atom. The van der Waals surface area contributed by atoms with E-state index in [0.717, 1.165) is 22.8 Å². The normalized spacial score (nSPS) is 13.1. The molecule has 1 aliphatic heterocycles. The first kappa shape index (κ1) is 9.54. The van der Waals surface area contributed by atoms with E-state index in [4.69, 9.17) is 25.6 Å². The summed E-state index contributed by atoms with van der Waals surface area (Å²) in [5, 5.41) is 3.93. The number of halogens is 1. The summed E-state index contributed by atoms with van der Waals surface area (Å²) in [4.78, 5) is 0. The summed E-state index contributed by atoms with van der Waals surface area (Å²) in [6.07, 6.45) is 0. The van der Waals surface area contributed by atoms with Crippen molar-refractivity contribution in [2.75, 3.05) is 6.79 Å². The first-order valence-corrected chi connectivity index (χ1v) is 5.32. The van der Waals surface area contributed by atoms with E-state index in [1.165, 1.54) is 0 Å². The lowest BCUT2D eigenvalue weighted by Crippen LogP contribution is -1.92. The summed E-state index contributed by atoms with van der Waals surface area (Å²) in [6.45, 7) is 0.268. The molecule has 82 valence electrons. The maximum Gasteiger partial charge on any atom is 0.231 e. The van der Waals surface area contributed by atoms with Crippen molar-refractivity contribution in [2.24, 2.45) is 0 Å². The molecule has 1 aromatic carbocycles. The fraction of sp³-hybridized carbons (Fsp3) is 0.182. The number of aromatic nitrogens is 1.